The third-order valence-corrected chi connectivity index (χ3v) is 4.22. The van der Waals surface area contributed by atoms with Crippen molar-refractivity contribution in [2.75, 3.05) is 11.9 Å². The molecule has 0 aliphatic rings. The maximum absolute atomic E-state index is 13.8. The Hall–Kier alpha value is -3.55. The minimum Gasteiger partial charge on any atom is -0.494 e. The summed E-state index contributed by atoms with van der Waals surface area (Å²) < 4.78 is 33.2. The van der Waals surface area contributed by atoms with Crippen molar-refractivity contribution in [2.24, 2.45) is 0 Å². The van der Waals surface area contributed by atoms with Gasteiger partial charge in [0, 0.05) is 17.7 Å². The Morgan fingerprint density at radius 1 is 1.14 bits per heavy atom. The van der Waals surface area contributed by atoms with E-state index in [9.17, 15) is 18.4 Å². The van der Waals surface area contributed by atoms with Gasteiger partial charge in [-0.05, 0) is 56.3 Å². The van der Waals surface area contributed by atoms with E-state index in [2.05, 4.69) is 10.4 Å². The molecule has 1 N–H and O–H groups in total. The van der Waals surface area contributed by atoms with Crippen molar-refractivity contribution in [1.29, 1.82) is 0 Å². The number of carbonyl (C=O) groups excluding carboxylic acids is 1. The summed E-state index contributed by atoms with van der Waals surface area (Å²) in [5, 5.41) is 6.61. The number of aromatic nitrogens is 2. The molecule has 0 fully saturated rings. The van der Waals surface area contributed by atoms with Crippen molar-refractivity contribution in [3.63, 3.8) is 0 Å². The standard InChI is InChI=1S/C21H19F2N3O3/c1-3-29-16-7-4-14(5-8-16)18-10-11-20(27)26(25-18)13(2)21(28)24-19-9-6-15(22)12-17(19)23/h4-13H,3H2,1-2H3,(H,24,28)/t13-/m1/s1. The number of amides is 1. The monoisotopic (exact) mass is 399 g/mol. The van der Waals surface area contributed by atoms with Crippen LogP contribution in [-0.2, 0) is 4.79 Å². The molecule has 3 rings (SSSR count). The summed E-state index contributed by atoms with van der Waals surface area (Å²) in [5.74, 6) is -1.61. The molecule has 3 aromatic rings. The molecule has 0 aliphatic carbocycles. The molecule has 1 aromatic heterocycles. The van der Waals surface area contributed by atoms with Crippen molar-refractivity contribution in [3.8, 4) is 17.0 Å². The van der Waals surface area contributed by atoms with Gasteiger partial charge in [-0.15, -0.1) is 0 Å². The van der Waals surface area contributed by atoms with Gasteiger partial charge in [0.15, 0.2) is 0 Å². The number of carbonyl (C=O) groups is 1. The predicted molar refractivity (Wildman–Crippen MR) is 105 cm³/mol. The minimum absolute atomic E-state index is 0.182. The quantitative estimate of drug-likeness (QED) is 0.685. The Bertz CT molecular complexity index is 1080. The molecule has 29 heavy (non-hydrogen) atoms. The molecule has 8 heteroatoms. The molecule has 0 radical (unpaired) electrons. The molecular weight excluding hydrogens is 380 g/mol. The molecule has 0 aliphatic heterocycles. The lowest BCUT2D eigenvalue weighted by Gasteiger charge is -2.15. The Morgan fingerprint density at radius 2 is 1.86 bits per heavy atom. The van der Waals surface area contributed by atoms with Crippen molar-refractivity contribution >= 4 is 11.6 Å². The van der Waals surface area contributed by atoms with Crippen LogP contribution in [0.2, 0.25) is 0 Å². The van der Waals surface area contributed by atoms with Crippen LogP contribution in [0.1, 0.15) is 19.9 Å². The normalized spacial score (nSPS) is 11.7. The Kier molecular flexibility index (Phi) is 6.01. The minimum atomic E-state index is -1.02. The second kappa shape index (κ2) is 8.64. The lowest BCUT2D eigenvalue weighted by molar-refractivity contribution is -0.119. The maximum atomic E-state index is 13.8. The third kappa shape index (κ3) is 4.66. The second-order valence-corrected chi connectivity index (χ2v) is 6.25. The zero-order chi connectivity index (χ0) is 21.0. The van der Waals surface area contributed by atoms with Gasteiger partial charge in [-0.2, -0.15) is 5.10 Å². The van der Waals surface area contributed by atoms with Crippen LogP contribution in [-0.4, -0.2) is 22.3 Å². The van der Waals surface area contributed by atoms with Crippen LogP contribution in [0.15, 0.2) is 59.4 Å². The predicted octanol–water partition coefficient (Wildman–Crippen LogP) is 3.79. The number of benzene rings is 2. The molecule has 6 nitrogen and oxygen atoms in total. The van der Waals surface area contributed by atoms with Crippen LogP contribution in [0.4, 0.5) is 14.5 Å². The van der Waals surface area contributed by atoms with Gasteiger partial charge in [-0.1, -0.05) is 0 Å². The average Bonchev–Trinajstić information content (AvgIpc) is 2.71. The average molecular weight is 399 g/mol. The van der Waals surface area contributed by atoms with E-state index in [1.54, 1.807) is 30.3 Å². The summed E-state index contributed by atoms with van der Waals surface area (Å²) >= 11 is 0. The van der Waals surface area contributed by atoms with Gasteiger partial charge in [0.25, 0.3) is 5.56 Å². The van der Waals surface area contributed by atoms with Crippen LogP contribution in [0.5, 0.6) is 5.75 Å². The molecule has 1 amide bonds. The first-order valence-electron chi connectivity index (χ1n) is 8.98. The van der Waals surface area contributed by atoms with Gasteiger partial charge in [-0.3, -0.25) is 9.59 Å². The number of hydrogen-bond donors (Lipinski definition) is 1. The summed E-state index contributed by atoms with van der Waals surface area (Å²) in [4.78, 5) is 24.7. The van der Waals surface area contributed by atoms with Crippen LogP contribution < -0.4 is 15.6 Å². The Morgan fingerprint density at radius 3 is 2.52 bits per heavy atom. The number of ether oxygens (including phenoxy) is 1. The van der Waals surface area contributed by atoms with Gasteiger partial charge in [-0.25, -0.2) is 13.5 Å². The highest BCUT2D eigenvalue weighted by atomic mass is 19.1. The van der Waals surface area contributed by atoms with Crippen molar-refractivity contribution in [1.82, 2.24) is 9.78 Å². The Balaban J connectivity index is 1.84. The van der Waals surface area contributed by atoms with E-state index in [1.165, 1.54) is 13.0 Å². The number of nitrogens with zero attached hydrogens (tertiary/aromatic N) is 2. The number of hydrogen-bond acceptors (Lipinski definition) is 4. The van der Waals surface area contributed by atoms with Gasteiger partial charge in [0.2, 0.25) is 5.91 Å². The fourth-order valence-corrected chi connectivity index (χ4v) is 2.68. The van der Waals surface area contributed by atoms with Gasteiger partial charge < -0.3 is 10.1 Å². The van der Waals surface area contributed by atoms with E-state index in [4.69, 9.17) is 4.74 Å². The molecule has 0 bridgehead atoms. The first kappa shape index (κ1) is 20.2. The highest BCUT2D eigenvalue weighted by molar-refractivity contribution is 5.93. The molecule has 1 atom stereocenters. The second-order valence-electron chi connectivity index (χ2n) is 6.25. The SMILES string of the molecule is CCOc1ccc(-c2ccc(=O)n([C@H](C)C(=O)Nc3ccc(F)cc3F)n2)cc1. The first-order chi connectivity index (χ1) is 13.9. The molecular formula is C21H19F2N3O3. The molecule has 0 spiro atoms. The smallest absolute Gasteiger partial charge is 0.267 e. The van der Waals surface area contributed by atoms with E-state index in [0.29, 0.717) is 24.1 Å². The molecule has 1 heterocycles. The molecule has 0 saturated carbocycles. The maximum Gasteiger partial charge on any atom is 0.267 e. The zero-order valence-electron chi connectivity index (χ0n) is 15.9. The Labute approximate surface area is 165 Å². The van der Waals surface area contributed by atoms with Gasteiger partial charge in [0.1, 0.15) is 23.4 Å². The number of nitrogens with one attached hydrogen (secondary N) is 1. The largest absolute Gasteiger partial charge is 0.494 e. The topological polar surface area (TPSA) is 73.2 Å². The van der Waals surface area contributed by atoms with Gasteiger partial charge >= 0.3 is 0 Å². The summed E-state index contributed by atoms with van der Waals surface area (Å²) in [6, 6.07) is 11.8. The molecule has 150 valence electrons. The van der Waals surface area contributed by atoms with Crippen molar-refractivity contribution in [3.05, 3.63) is 76.6 Å². The lowest BCUT2D eigenvalue weighted by Crippen LogP contribution is -2.33. The van der Waals surface area contributed by atoms with E-state index in [1.807, 2.05) is 6.92 Å². The van der Waals surface area contributed by atoms with E-state index < -0.39 is 29.1 Å². The first-order valence-corrected chi connectivity index (χ1v) is 8.98. The highest BCUT2D eigenvalue weighted by Crippen LogP contribution is 2.21. The third-order valence-electron chi connectivity index (χ3n) is 4.22. The molecule has 0 saturated heterocycles. The summed E-state index contributed by atoms with van der Waals surface area (Å²) in [7, 11) is 0. The summed E-state index contributed by atoms with van der Waals surface area (Å²) in [6.07, 6.45) is 0. The highest BCUT2D eigenvalue weighted by Gasteiger charge is 2.19. The van der Waals surface area contributed by atoms with Crippen molar-refractivity contribution < 1.29 is 18.3 Å². The number of halogens is 2. The van der Waals surface area contributed by atoms with Crippen molar-refractivity contribution in [2.45, 2.75) is 19.9 Å². The fraction of sp³-hybridized carbons (Fsp3) is 0.190. The summed E-state index contributed by atoms with van der Waals surface area (Å²) in [5.41, 5.74) is 0.556. The van der Waals surface area contributed by atoms with E-state index >= 15 is 0 Å². The van der Waals surface area contributed by atoms with Crippen LogP contribution in [0, 0.1) is 11.6 Å². The molecule has 0 unspecified atom stereocenters. The lowest BCUT2D eigenvalue weighted by atomic mass is 10.1. The number of rotatable bonds is 6. The number of anilines is 1. The van der Waals surface area contributed by atoms with Crippen LogP contribution in [0.25, 0.3) is 11.3 Å². The zero-order valence-corrected chi connectivity index (χ0v) is 15.9. The fourth-order valence-electron chi connectivity index (χ4n) is 2.68. The van der Waals surface area contributed by atoms with Crippen LogP contribution >= 0.6 is 0 Å². The molecule has 2 aromatic carbocycles. The summed E-state index contributed by atoms with van der Waals surface area (Å²) in [6.45, 7) is 3.90. The van der Waals surface area contributed by atoms with E-state index in [0.717, 1.165) is 22.4 Å². The van der Waals surface area contributed by atoms with E-state index in [-0.39, 0.29) is 5.69 Å². The van der Waals surface area contributed by atoms with Gasteiger partial charge in [0.05, 0.1) is 18.0 Å². The van der Waals surface area contributed by atoms with Crippen LogP contribution in [0.3, 0.4) is 0 Å².